The molecule has 2 amide bonds. The molecule has 0 saturated heterocycles. The van der Waals surface area contributed by atoms with E-state index < -0.39 is 35.1 Å². The summed E-state index contributed by atoms with van der Waals surface area (Å²) in [5.74, 6) is -3.14. The molecule has 150 valence electrons. The van der Waals surface area contributed by atoms with Crippen LogP contribution in [0.3, 0.4) is 0 Å². The number of carbonyl (C=O) groups is 2. The second kappa shape index (κ2) is 8.17. The number of hydrogen-bond donors (Lipinski definition) is 3. The molecule has 10 heteroatoms. The van der Waals surface area contributed by atoms with Crippen molar-refractivity contribution in [1.29, 1.82) is 0 Å². The molecule has 1 aliphatic rings. The molecule has 1 heterocycles. The summed E-state index contributed by atoms with van der Waals surface area (Å²) in [4.78, 5) is 24.9. The summed E-state index contributed by atoms with van der Waals surface area (Å²) in [6.07, 6.45) is 2.02. The SMILES string of the molecule is CC(C)[C@H](NC(=O)c1c(F)cccc1F)C(=O)NCc1n[nH]c(=S)n1C1CC1. The van der Waals surface area contributed by atoms with Gasteiger partial charge in [-0.1, -0.05) is 19.9 Å². The highest BCUT2D eigenvalue weighted by molar-refractivity contribution is 7.71. The number of H-pyrrole nitrogens is 1. The fraction of sp³-hybridized carbons (Fsp3) is 0.444. The highest BCUT2D eigenvalue weighted by Gasteiger charge is 2.29. The van der Waals surface area contributed by atoms with Gasteiger partial charge in [0.2, 0.25) is 5.91 Å². The average Bonchev–Trinajstić information content (AvgIpc) is 3.39. The number of halogens is 2. The molecule has 1 fully saturated rings. The minimum Gasteiger partial charge on any atom is -0.347 e. The van der Waals surface area contributed by atoms with Crippen LogP contribution in [-0.4, -0.2) is 32.6 Å². The molecule has 1 atom stereocenters. The Kier molecular flexibility index (Phi) is 5.87. The Bertz CT molecular complexity index is 931. The van der Waals surface area contributed by atoms with E-state index in [-0.39, 0.29) is 12.5 Å². The predicted molar refractivity (Wildman–Crippen MR) is 100.0 cm³/mol. The second-order valence-corrected chi connectivity index (χ2v) is 7.44. The highest BCUT2D eigenvalue weighted by Crippen LogP contribution is 2.35. The number of rotatable bonds is 7. The normalized spacial score (nSPS) is 14.8. The van der Waals surface area contributed by atoms with E-state index in [1.807, 2.05) is 4.57 Å². The zero-order chi connectivity index (χ0) is 20.4. The van der Waals surface area contributed by atoms with Gasteiger partial charge in [0.15, 0.2) is 10.6 Å². The summed E-state index contributed by atoms with van der Waals surface area (Å²) in [5.41, 5.74) is -0.712. The van der Waals surface area contributed by atoms with Crippen LogP contribution in [0, 0.1) is 22.3 Å². The summed E-state index contributed by atoms with van der Waals surface area (Å²) < 4.78 is 30.0. The molecule has 0 unspecified atom stereocenters. The number of hydrogen-bond acceptors (Lipinski definition) is 4. The fourth-order valence-corrected chi connectivity index (χ4v) is 3.21. The standard InChI is InChI=1S/C18H21F2N5O2S/c1-9(2)15(22-16(26)14-11(19)4-3-5-12(14)20)17(27)21-8-13-23-24-18(28)25(13)10-6-7-10/h3-5,9-10,15H,6-8H2,1-2H3,(H,21,27)(H,22,26)(H,24,28)/t15-/m0/s1. The quantitative estimate of drug-likeness (QED) is 0.613. The lowest BCUT2D eigenvalue weighted by atomic mass is 10.0. The number of nitrogens with one attached hydrogen (secondary N) is 3. The molecule has 7 nitrogen and oxygen atoms in total. The van der Waals surface area contributed by atoms with E-state index in [2.05, 4.69) is 20.8 Å². The summed E-state index contributed by atoms with van der Waals surface area (Å²) in [5, 5.41) is 12.0. The smallest absolute Gasteiger partial charge is 0.257 e. The Balaban J connectivity index is 1.69. The third kappa shape index (κ3) is 4.27. The zero-order valence-corrected chi connectivity index (χ0v) is 16.3. The van der Waals surface area contributed by atoms with Gasteiger partial charge in [0.1, 0.15) is 23.2 Å². The van der Waals surface area contributed by atoms with E-state index in [0.29, 0.717) is 16.6 Å². The highest BCUT2D eigenvalue weighted by atomic mass is 32.1. The van der Waals surface area contributed by atoms with Crippen LogP contribution in [0.1, 0.15) is 48.9 Å². The largest absolute Gasteiger partial charge is 0.347 e. The van der Waals surface area contributed by atoms with Crippen molar-refractivity contribution in [2.45, 2.75) is 45.3 Å². The van der Waals surface area contributed by atoms with Gasteiger partial charge in [-0.3, -0.25) is 19.3 Å². The first-order valence-corrected chi connectivity index (χ1v) is 9.38. The van der Waals surface area contributed by atoms with E-state index in [0.717, 1.165) is 25.0 Å². The lowest BCUT2D eigenvalue weighted by Crippen LogP contribution is -2.50. The number of carbonyl (C=O) groups excluding carboxylic acids is 2. The van der Waals surface area contributed by atoms with Crippen molar-refractivity contribution in [2.24, 2.45) is 5.92 Å². The molecule has 28 heavy (non-hydrogen) atoms. The molecule has 3 rings (SSSR count). The van der Waals surface area contributed by atoms with Gasteiger partial charge in [-0.05, 0) is 43.1 Å². The lowest BCUT2D eigenvalue weighted by molar-refractivity contribution is -0.124. The number of aromatic nitrogens is 3. The molecular weight excluding hydrogens is 388 g/mol. The fourth-order valence-electron chi connectivity index (χ4n) is 2.91. The Morgan fingerprint density at radius 2 is 1.96 bits per heavy atom. The Hall–Kier alpha value is -2.62. The van der Waals surface area contributed by atoms with Crippen LogP contribution in [0.4, 0.5) is 8.78 Å². The van der Waals surface area contributed by atoms with E-state index >= 15 is 0 Å². The van der Waals surface area contributed by atoms with Crippen LogP contribution in [0.2, 0.25) is 0 Å². The first kappa shape index (κ1) is 20.1. The molecule has 1 aliphatic carbocycles. The number of aromatic amines is 1. The molecule has 1 aromatic carbocycles. The minimum absolute atomic E-state index is 0.121. The second-order valence-electron chi connectivity index (χ2n) is 7.06. The number of benzene rings is 1. The van der Waals surface area contributed by atoms with E-state index in [1.165, 1.54) is 6.07 Å². The molecule has 1 aromatic heterocycles. The van der Waals surface area contributed by atoms with Gasteiger partial charge in [-0.2, -0.15) is 5.10 Å². The Morgan fingerprint density at radius 1 is 1.32 bits per heavy atom. The summed E-state index contributed by atoms with van der Waals surface area (Å²) >= 11 is 5.20. The van der Waals surface area contributed by atoms with E-state index in [4.69, 9.17) is 12.2 Å². The van der Waals surface area contributed by atoms with Gasteiger partial charge in [0.25, 0.3) is 5.91 Å². The van der Waals surface area contributed by atoms with Crippen molar-refractivity contribution >= 4 is 24.0 Å². The molecule has 2 aromatic rings. The maximum Gasteiger partial charge on any atom is 0.257 e. The van der Waals surface area contributed by atoms with Gasteiger partial charge in [-0.15, -0.1) is 0 Å². The topological polar surface area (TPSA) is 91.8 Å². The number of amides is 2. The molecular formula is C18H21F2N5O2S. The van der Waals surface area contributed by atoms with Crippen molar-refractivity contribution in [1.82, 2.24) is 25.4 Å². The van der Waals surface area contributed by atoms with Crippen molar-refractivity contribution in [2.75, 3.05) is 0 Å². The monoisotopic (exact) mass is 409 g/mol. The molecule has 1 saturated carbocycles. The third-order valence-electron chi connectivity index (χ3n) is 4.54. The van der Waals surface area contributed by atoms with Crippen molar-refractivity contribution < 1.29 is 18.4 Å². The minimum atomic E-state index is -0.986. The number of nitrogens with zero attached hydrogens (tertiary/aromatic N) is 2. The molecule has 3 N–H and O–H groups in total. The lowest BCUT2D eigenvalue weighted by Gasteiger charge is -2.22. The van der Waals surface area contributed by atoms with Crippen molar-refractivity contribution in [3.05, 3.63) is 46.0 Å². The van der Waals surface area contributed by atoms with Crippen LogP contribution in [-0.2, 0) is 11.3 Å². The van der Waals surface area contributed by atoms with Gasteiger partial charge in [0, 0.05) is 6.04 Å². The van der Waals surface area contributed by atoms with Crippen LogP contribution >= 0.6 is 12.2 Å². The summed E-state index contributed by atoms with van der Waals surface area (Å²) in [6.45, 7) is 3.57. The van der Waals surface area contributed by atoms with Gasteiger partial charge in [0.05, 0.1) is 6.54 Å². The van der Waals surface area contributed by atoms with Crippen LogP contribution in [0.25, 0.3) is 0 Å². The maximum absolute atomic E-state index is 13.8. The summed E-state index contributed by atoms with van der Waals surface area (Å²) in [6, 6.07) is 2.47. The first-order valence-electron chi connectivity index (χ1n) is 8.98. The third-order valence-corrected chi connectivity index (χ3v) is 4.82. The van der Waals surface area contributed by atoms with E-state index in [1.54, 1.807) is 13.8 Å². The van der Waals surface area contributed by atoms with Crippen molar-refractivity contribution in [3.8, 4) is 0 Å². The molecule has 0 radical (unpaired) electrons. The first-order chi connectivity index (χ1) is 13.3. The van der Waals surface area contributed by atoms with Crippen LogP contribution in [0.15, 0.2) is 18.2 Å². The Labute approximate surface area is 165 Å². The van der Waals surface area contributed by atoms with Gasteiger partial charge < -0.3 is 10.6 Å². The van der Waals surface area contributed by atoms with E-state index in [9.17, 15) is 18.4 Å². The van der Waals surface area contributed by atoms with Crippen LogP contribution < -0.4 is 10.6 Å². The van der Waals surface area contributed by atoms with Gasteiger partial charge in [-0.25, -0.2) is 8.78 Å². The maximum atomic E-state index is 13.8. The average molecular weight is 409 g/mol. The Morgan fingerprint density at radius 3 is 2.54 bits per heavy atom. The molecule has 0 spiro atoms. The zero-order valence-electron chi connectivity index (χ0n) is 15.5. The molecule has 0 aliphatic heterocycles. The van der Waals surface area contributed by atoms with Gasteiger partial charge >= 0.3 is 0 Å². The van der Waals surface area contributed by atoms with Crippen LogP contribution in [0.5, 0.6) is 0 Å². The predicted octanol–water partition coefficient (Wildman–Crippen LogP) is 2.62. The molecule has 0 bridgehead atoms. The van der Waals surface area contributed by atoms with Crippen molar-refractivity contribution in [3.63, 3.8) is 0 Å². The summed E-state index contributed by atoms with van der Waals surface area (Å²) in [7, 11) is 0.